The second-order valence-corrected chi connectivity index (χ2v) is 5.49. The summed E-state index contributed by atoms with van der Waals surface area (Å²) in [5, 5.41) is 4.01. The number of nitrogens with two attached hydrogens (primary N) is 1. The highest BCUT2D eigenvalue weighted by molar-refractivity contribution is 7.19. The lowest BCUT2D eigenvalue weighted by molar-refractivity contribution is 0.102. The van der Waals surface area contributed by atoms with Crippen molar-refractivity contribution in [2.75, 3.05) is 25.3 Å². The lowest BCUT2D eigenvalue weighted by Crippen LogP contribution is -2.00. The van der Waals surface area contributed by atoms with Gasteiger partial charge in [-0.05, 0) is 17.7 Å². The molecule has 1 aromatic heterocycles. The topological polar surface area (TPSA) is 73.6 Å². The molecule has 1 aromatic carbocycles. The molecule has 0 bridgehead atoms. The molecule has 0 amide bonds. The number of nitrogens with one attached hydrogen (secondary N) is 1. The summed E-state index contributed by atoms with van der Waals surface area (Å²) in [5.74, 6) is 1.26. The van der Waals surface area contributed by atoms with E-state index in [1.165, 1.54) is 18.3 Å². The first-order valence-corrected chi connectivity index (χ1v) is 7.22. The molecule has 0 unspecified atom stereocenters. The molecule has 6 heteroatoms. The van der Waals surface area contributed by atoms with Crippen LogP contribution in [-0.2, 0) is 6.54 Å². The van der Waals surface area contributed by atoms with E-state index in [0.717, 1.165) is 16.3 Å². The highest BCUT2D eigenvalue weighted by Gasteiger charge is 2.19. The Balaban J connectivity index is 2.19. The van der Waals surface area contributed by atoms with Gasteiger partial charge in [-0.3, -0.25) is 4.79 Å². The first-order chi connectivity index (χ1) is 10.1. The summed E-state index contributed by atoms with van der Waals surface area (Å²) in [6, 6.07) is 7.76. The van der Waals surface area contributed by atoms with Crippen LogP contribution in [0.15, 0.2) is 24.3 Å². The molecule has 5 nitrogen and oxygen atoms in total. The van der Waals surface area contributed by atoms with Gasteiger partial charge in [0.15, 0.2) is 11.5 Å². The molecule has 0 atom stereocenters. The zero-order valence-electron chi connectivity index (χ0n) is 12.2. The fourth-order valence-electron chi connectivity index (χ4n) is 1.97. The number of carbonyl (C=O) groups excluding carboxylic acids is 1. The molecular formula is C15H18N2O3S. The third kappa shape index (κ3) is 3.28. The van der Waals surface area contributed by atoms with E-state index < -0.39 is 0 Å². The molecule has 0 saturated carbocycles. The molecular weight excluding hydrogens is 288 g/mol. The van der Waals surface area contributed by atoms with Gasteiger partial charge in [0, 0.05) is 13.5 Å². The Morgan fingerprint density at radius 3 is 2.71 bits per heavy atom. The molecule has 0 radical (unpaired) electrons. The molecule has 0 spiro atoms. The highest BCUT2D eigenvalue weighted by atomic mass is 32.1. The standard InChI is InChI=1S/C15H18N2O3S/c1-9(18)14-12(16)13(20-3)15(21-14)17-8-10-5-4-6-11(7-10)19-2/h4-7,17H,8,16H2,1-3H3. The lowest BCUT2D eigenvalue weighted by atomic mass is 10.2. The van der Waals surface area contributed by atoms with E-state index in [-0.39, 0.29) is 5.78 Å². The Labute approximate surface area is 127 Å². The van der Waals surface area contributed by atoms with Crippen molar-refractivity contribution in [3.05, 3.63) is 34.7 Å². The van der Waals surface area contributed by atoms with Crippen LogP contribution < -0.4 is 20.5 Å². The quantitative estimate of drug-likeness (QED) is 0.802. The van der Waals surface area contributed by atoms with E-state index in [0.29, 0.717) is 22.9 Å². The van der Waals surface area contributed by atoms with Gasteiger partial charge in [0.25, 0.3) is 0 Å². The average molecular weight is 306 g/mol. The fourth-order valence-corrected chi connectivity index (χ4v) is 2.95. The van der Waals surface area contributed by atoms with Crippen LogP contribution in [0, 0.1) is 0 Å². The number of rotatable bonds is 6. The van der Waals surface area contributed by atoms with Gasteiger partial charge < -0.3 is 20.5 Å². The number of benzene rings is 1. The Hall–Kier alpha value is -2.21. The number of ketones is 1. The van der Waals surface area contributed by atoms with Gasteiger partial charge in [-0.15, -0.1) is 11.3 Å². The van der Waals surface area contributed by atoms with Crippen LogP contribution in [0.25, 0.3) is 0 Å². The number of nitrogen functional groups attached to an aromatic ring is 1. The van der Waals surface area contributed by atoms with Gasteiger partial charge in [-0.2, -0.15) is 0 Å². The van der Waals surface area contributed by atoms with Crippen molar-refractivity contribution in [2.24, 2.45) is 0 Å². The number of carbonyl (C=O) groups is 1. The van der Waals surface area contributed by atoms with Crippen molar-refractivity contribution in [2.45, 2.75) is 13.5 Å². The molecule has 2 rings (SSSR count). The van der Waals surface area contributed by atoms with Crippen LogP contribution in [0.2, 0.25) is 0 Å². The maximum atomic E-state index is 11.5. The number of Topliss-reactive ketones (excluding diaryl/α,β-unsaturated/α-hetero) is 1. The van der Waals surface area contributed by atoms with Crippen LogP contribution in [0.4, 0.5) is 10.7 Å². The molecule has 0 aliphatic heterocycles. The van der Waals surface area contributed by atoms with Crippen LogP contribution in [0.3, 0.4) is 0 Å². The minimum atomic E-state index is -0.0646. The number of anilines is 2. The van der Waals surface area contributed by atoms with Crippen LogP contribution in [0.1, 0.15) is 22.2 Å². The summed E-state index contributed by atoms with van der Waals surface area (Å²) >= 11 is 1.31. The third-order valence-corrected chi connectivity index (χ3v) is 4.26. The minimum absolute atomic E-state index is 0.0646. The summed E-state index contributed by atoms with van der Waals surface area (Å²) in [6.45, 7) is 2.08. The second kappa shape index (κ2) is 6.49. The molecule has 0 aliphatic carbocycles. The minimum Gasteiger partial charge on any atom is -0.497 e. The monoisotopic (exact) mass is 306 g/mol. The first kappa shape index (κ1) is 15.2. The smallest absolute Gasteiger partial charge is 0.176 e. The van der Waals surface area contributed by atoms with E-state index in [2.05, 4.69) is 5.32 Å². The third-order valence-electron chi connectivity index (χ3n) is 3.01. The fraction of sp³-hybridized carbons (Fsp3) is 0.267. The largest absolute Gasteiger partial charge is 0.497 e. The van der Waals surface area contributed by atoms with E-state index >= 15 is 0 Å². The normalized spacial score (nSPS) is 10.2. The van der Waals surface area contributed by atoms with Crippen LogP contribution in [-0.4, -0.2) is 20.0 Å². The number of hydrogen-bond donors (Lipinski definition) is 2. The second-order valence-electron chi connectivity index (χ2n) is 4.47. The van der Waals surface area contributed by atoms with E-state index in [4.69, 9.17) is 15.2 Å². The Morgan fingerprint density at radius 1 is 1.33 bits per heavy atom. The number of hydrogen-bond acceptors (Lipinski definition) is 6. The number of methoxy groups -OCH3 is 2. The molecule has 0 saturated heterocycles. The zero-order valence-corrected chi connectivity index (χ0v) is 13.0. The molecule has 112 valence electrons. The first-order valence-electron chi connectivity index (χ1n) is 6.40. The van der Waals surface area contributed by atoms with E-state index in [1.54, 1.807) is 14.2 Å². The van der Waals surface area contributed by atoms with Crippen LogP contribution >= 0.6 is 11.3 Å². The van der Waals surface area contributed by atoms with Gasteiger partial charge >= 0.3 is 0 Å². The molecule has 21 heavy (non-hydrogen) atoms. The molecule has 3 N–H and O–H groups in total. The zero-order chi connectivity index (χ0) is 15.4. The summed E-state index contributed by atoms with van der Waals surface area (Å²) in [6.07, 6.45) is 0. The van der Waals surface area contributed by atoms with Gasteiger partial charge in [0.2, 0.25) is 0 Å². The summed E-state index contributed by atoms with van der Waals surface area (Å²) in [4.78, 5) is 12.0. The van der Waals surface area contributed by atoms with Crippen molar-refractivity contribution >= 4 is 27.8 Å². The van der Waals surface area contributed by atoms with E-state index in [9.17, 15) is 4.79 Å². The number of thiophene rings is 1. The van der Waals surface area contributed by atoms with Crippen LogP contribution in [0.5, 0.6) is 11.5 Å². The molecule has 2 aromatic rings. The molecule has 1 heterocycles. The predicted octanol–water partition coefficient (Wildman–Crippen LogP) is 3.16. The lowest BCUT2D eigenvalue weighted by Gasteiger charge is -2.08. The van der Waals surface area contributed by atoms with Crippen molar-refractivity contribution < 1.29 is 14.3 Å². The summed E-state index contributed by atoms with van der Waals surface area (Å²) in [5.41, 5.74) is 7.39. The van der Waals surface area contributed by atoms with Gasteiger partial charge in [0.05, 0.1) is 24.8 Å². The van der Waals surface area contributed by atoms with Crippen molar-refractivity contribution in [3.8, 4) is 11.5 Å². The highest BCUT2D eigenvalue weighted by Crippen LogP contribution is 2.42. The Kier molecular flexibility index (Phi) is 4.70. The summed E-state index contributed by atoms with van der Waals surface area (Å²) < 4.78 is 10.5. The summed E-state index contributed by atoms with van der Waals surface area (Å²) in [7, 11) is 3.17. The average Bonchev–Trinajstić information content (AvgIpc) is 2.81. The van der Waals surface area contributed by atoms with Crippen molar-refractivity contribution in [1.29, 1.82) is 0 Å². The van der Waals surface area contributed by atoms with E-state index in [1.807, 2.05) is 24.3 Å². The molecule has 0 fully saturated rings. The van der Waals surface area contributed by atoms with Gasteiger partial charge in [0.1, 0.15) is 10.8 Å². The van der Waals surface area contributed by atoms with Crippen molar-refractivity contribution in [1.82, 2.24) is 0 Å². The van der Waals surface area contributed by atoms with Gasteiger partial charge in [-0.25, -0.2) is 0 Å². The maximum Gasteiger partial charge on any atom is 0.176 e. The Morgan fingerprint density at radius 2 is 2.10 bits per heavy atom. The van der Waals surface area contributed by atoms with Crippen molar-refractivity contribution in [3.63, 3.8) is 0 Å². The number of ether oxygens (including phenoxy) is 2. The predicted molar refractivity (Wildman–Crippen MR) is 85.6 cm³/mol. The van der Waals surface area contributed by atoms with Gasteiger partial charge in [-0.1, -0.05) is 12.1 Å². The molecule has 0 aliphatic rings. The maximum absolute atomic E-state index is 11.5. The SMILES string of the molecule is COc1cccc(CNc2sc(C(C)=O)c(N)c2OC)c1. The Bertz CT molecular complexity index is 652.